The number of nitrogens with one attached hydrogen (secondary N) is 2. The number of carbonyl (C=O) groups excluding carboxylic acids is 3. The van der Waals surface area contributed by atoms with E-state index >= 15 is 0 Å². The molecule has 1 aliphatic carbocycles. The van der Waals surface area contributed by atoms with E-state index < -0.39 is 48.5 Å². The first kappa shape index (κ1) is 51.5. The minimum Gasteiger partial charge on any atom is -0.464 e. The molecule has 1 unspecified atom stereocenters. The van der Waals surface area contributed by atoms with Gasteiger partial charge in [-0.1, -0.05) is 33.8 Å². The van der Waals surface area contributed by atoms with Gasteiger partial charge in [-0.25, -0.2) is 19.2 Å². The third-order valence-electron chi connectivity index (χ3n) is 15.5. The highest BCUT2D eigenvalue weighted by Gasteiger charge is 2.50. The minimum absolute atomic E-state index is 0.00171. The number of methoxy groups -OCH3 is 1. The Morgan fingerprint density at radius 2 is 1.89 bits per heavy atom. The molecule has 9 rings (SSSR count). The lowest BCUT2D eigenvalue weighted by Gasteiger charge is -2.42. The molecule has 0 spiro atoms. The average molecular weight is 1000 g/mol. The maximum absolute atomic E-state index is 14.7. The number of morpholine rings is 1. The first-order chi connectivity index (χ1) is 34.0. The maximum Gasteiger partial charge on any atom is 0.324 e. The fraction of sp³-hybridized carbons (Fsp3) is 0.642. The van der Waals surface area contributed by atoms with Crippen LogP contribution >= 0.6 is 11.3 Å². The largest absolute Gasteiger partial charge is 0.464 e. The second-order valence-electron chi connectivity index (χ2n) is 21.4. The Kier molecular flexibility index (Phi) is 15.6. The van der Waals surface area contributed by atoms with Crippen molar-refractivity contribution in [2.45, 2.75) is 136 Å². The van der Waals surface area contributed by atoms with E-state index in [9.17, 15) is 23.2 Å². The summed E-state index contributed by atoms with van der Waals surface area (Å²) in [4.78, 5) is 55.5. The topological polar surface area (TPSA) is 159 Å². The highest BCUT2D eigenvalue weighted by Crippen LogP contribution is 2.47. The average Bonchev–Trinajstić information content (AvgIpc) is 3.61. The molecular weight excluding hydrogens is 933 g/mol. The molecule has 9 atom stereocenters. The maximum atomic E-state index is 14.7. The monoisotopic (exact) mass is 1000 g/mol. The zero-order chi connectivity index (χ0) is 50.3. The SMILES string of the molecule is CO[C@@H](C)c1ncc([C@@H]2CCN3CCOC[C@@H]3C2)cc1-c1c2c3cc(ccc3n1CCOC(C)C)-c1csc(n1)[C@@H](OCC(F)F)[C@H](NC(=O)C1[C@@H](C)[C@H]1C)C(=O)N1CCC[C@H](N1)C(=O)OCC(C)(C)C2. The third-order valence-corrected chi connectivity index (χ3v) is 16.4. The summed E-state index contributed by atoms with van der Waals surface area (Å²) in [5.74, 6) is -1.43. The summed E-state index contributed by atoms with van der Waals surface area (Å²) in [5.41, 5.74) is 9.68. The molecule has 2 amide bonds. The molecule has 1 saturated carbocycles. The number of aromatic nitrogens is 3. The van der Waals surface area contributed by atoms with E-state index in [0.29, 0.717) is 44.1 Å². The fourth-order valence-corrected chi connectivity index (χ4v) is 12.1. The van der Waals surface area contributed by atoms with Gasteiger partial charge in [-0.15, -0.1) is 11.3 Å². The quantitative estimate of drug-likeness (QED) is 0.125. The number of cyclic esters (lactones) is 1. The molecule has 386 valence electrons. The van der Waals surface area contributed by atoms with Crippen LogP contribution in [0.5, 0.6) is 0 Å². The summed E-state index contributed by atoms with van der Waals surface area (Å²) in [7, 11) is 1.70. The lowest BCUT2D eigenvalue weighted by atomic mass is 9.82. The van der Waals surface area contributed by atoms with Crippen molar-refractivity contribution in [3.63, 3.8) is 0 Å². The van der Waals surface area contributed by atoms with Crippen molar-refractivity contribution in [3.8, 4) is 22.5 Å². The van der Waals surface area contributed by atoms with Crippen LogP contribution in [0.2, 0.25) is 0 Å². The second-order valence-corrected chi connectivity index (χ2v) is 22.3. The Morgan fingerprint density at radius 3 is 2.63 bits per heavy atom. The van der Waals surface area contributed by atoms with Crippen molar-refractivity contribution in [1.29, 1.82) is 0 Å². The van der Waals surface area contributed by atoms with Gasteiger partial charge in [0.1, 0.15) is 29.8 Å². The number of ether oxygens (including phenoxy) is 5. The molecule has 3 aromatic heterocycles. The van der Waals surface area contributed by atoms with Crippen molar-refractivity contribution in [1.82, 2.24) is 35.2 Å². The molecule has 3 saturated heterocycles. The molecule has 7 heterocycles. The first-order valence-electron chi connectivity index (χ1n) is 25.5. The van der Waals surface area contributed by atoms with Gasteiger partial charge >= 0.3 is 5.97 Å². The number of halogens is 2. The van der Waals surface area contributed by atoms with E-state index in [2.05, 4.69) is 52.3 Å². The number of rotatable bonds is 13. The molecule has 71 heavy (non-hydrogen) atoms. The van der Waals surface area contributed by atoms with Crippen molar-refractivity contribution in [2.24, 2.45) is 23.2 Å². The van der Waals surface area contributed by atoms with Crippen LogP contribution in [0.4, 0.5) is 8.78 Å². The number of nitrogens with zero attached hydrogens (tertiary/aromatic N) is 5. The second kappa shape index (κ2) is 21.6. The standard InChI is InChI=1S/C53H71F2N7O8S/c1-29(2)68-19-17-61-42-12-11-34-21-37(42)39(47(61)38-22-35(24-56-45(38)32(5)66-8)33-13-15-60-16-18-67-25-36(60)20-33)23-53(6,7)28-70-52(65)40-10-9-14-62(59-40)51(64)46(58-49(63)44-30(3)31(44)4)48(69-26-43(54)55)50-57-41(34)27-71-50/h11-12,21-22,24,27,29-33,36,40,43-44,46,48,59H,9-10,13-20,23,25-26,28H2,1-8H3,(H,58,63)/t30-,31+,32-,33+,36-,40-,44?,46-,48-/m0/s1. The van der Waals surface area contributed by atoms with Gasteiger partial charge in [0.15, 0.2) is 0 Å². The van der Waals surface area contributed by atoms with Crippen LogP contribution in [0.25, 0.3) is 33.4 Å². The number of esters is 1. The van der Waals surface area contributed by atoms with Crippen LogP contribution in [-0.2, 0) is 51.0 Å². The molecule has 5 aliphatic rings. The van der Waals surface area contributed by atoms with Crippen LogP contribution in [0.1, 0.15) is 114 Å². The third kappa shape index (κ3) is 11.1. The summed E-state index contributed by atoms with van der Waals surface area (Å²) in [6.07, 6.45) is 0.765. The van der Waals surface area contributed by atoms with Crippen molar-refractivity contribution in [3.05, 3.63) is 57.7 Å². The van der Waals surface area contributed by atoms with E-state index in [1.54, 1.807) is 7.11 Å². The van der Waals surface area contributed by atoms with E-state index in [4.69, 9.17) is 33.7 Å². The van der Waals surface area contributed by atoms with E-state index in [1.165, 1.54) is 16.3 Å². The zero-order valence-corrected chi connectivity index (χ0v) is 43.2. The number of hydrazine groups is 1. The molecular formula is C53H71F2N7O8S. The fourth-order valence-electron chi connectivity index (χ4n) is 11.2. The minimum atomic E-state index is -2.86. The van der Waals surface area contributed by atoms with Crippen LogP contribution in [-0.4, -0.2) is 133 Å². The summed E-state index contributed by atoms with van der Waals surface area (Å²) in [5, 5.41) is 7.25. The Morgan fingerprint density at radius 1 is 1.08 bits per heavy atom. The summed E-state index contributed by atoms with van der Waals surface area (Å²) in [6.45, 7) is 17.8. The Bertz CT molecular complexity index is 2560. The number of benzene rings is 1. The molecule has 18 heteroatoms. The van der Waals surface area contributed by atoms with Crippen LogP contribution in [0.15, 0.2) is 35.8 Å². The van der Waals surface area contributed by atoms with Gasteiger partial charge in [-0.05, 0) is 106 Å². The van der Waals surface area contributed by atoms with Gasteiger partial charge in [0, 0.05) is 77.7 Å². The molecule has 1 aromatic carbocycles. The number of pyridine rings is 1. The van der Waals surface area contributed by atoms with Crippen molar-refractivity contribution < 1.29 is 46.8 Å². The number of carbonyl (C=O) groups is 3. The van der Waals surface area contributed by atoms with Gasteiger partial charge < -0.3 is 33.6 Å². The predicted molar refractivity (Wildman–Crippen MR) is 266 cm³/mol. The van der Waals surface area contributed by atoms with Crippen LogP contribution in [0.3, 0.4) is 0 Å². The molecule has 15 nitrogen and oxygen atoms in total. The van der Waals surface area contributed by atoms with Crippen molar-refractivity contribution >= 4 is 40.0 Å². The molecule has 4 fully saturated rings. The normalized spacial score (nSPS) is 27.6. The number of hydrogen-bond acceptors (Lipinski definition) is 13. The Labute approximate surface area is 419 Å². The lowest BCUT2D eigenvalue weighted by Crippen LogP contribution is -2.61. The number of hydrogen-bond donors (Lipinski definition) is 2. The zero-order valence-electron chi connectivity index (χ0n) is 42.4. The van der Waals surface area contributed by atoms with Crippen LogP contribution < -0.4 is 10.7 Å². The summed E-state index contributed by atoms with van der Waals surface area (Å²) in [6, 6.07) is 6.55. The highest BCUT2D eigenvalue weighted by atomic mass is 32.1. The van der Waals surface area contributed by atoms with Crippen molar-refractivity contribution in [2.75, 3.05) is 59.8 Å². The van der Waals surface area contributed by atoms with E-state index in [-0.39, 0.29) is 59.9 Å². The predicted octanol–water partition coefficient (Wildman–Crippen LogP) is 7.87. The van der Waals surface area contributed by atoms with Gasteiger partial charge in [0.2, 0.25) is 5.91 Å². The van der Waals surface area contributed by atoms with E-state index in [1.807, 2.05) is 52.3 Å². The molecule has 0 radical (unpaired) electrons. The number of alkyl halides is 2. The lowest BCUT2D eigenvalue weighted by molar-refractivity contribution is -0.157. The van der Waals surface area contributed by atoms with Crippen LogP contribution in [0, 0.1) is 23.2 Å². The summed E-state index contributed by atoms with van der Waals surface area (Å²) < 4.78 is 60.9. The number of amides is 2. The number of thiazole rings is 1. The Hall–Kier alpha value is -4.43. The first-order valence-corrected chi connectivity index (χ1v) is 26.4. The molecule has 6 bridgehead atoms. The molecule has 4 aromatic rings. The summed E-state index contributed by atoms with van der Waals surface area (Å²) >= 11 is 1.18. The molecule has 4 aliphatic heterocycles. The molecule has 2 N–H and O–H groups in total. The van der Waals surface area contributed by atoms with Gasteiger partial charge in [0.25, 0.3) is 12.3 Å². The number of fused-ring (bicyclic) bond motifs is 7. The number of piperidine rings is 1. The van der Waals surface area contributed by atoms with E-state index in [0.717, 1.165) is 83.7 Å². The highest BCUT2D eigenvalue weighted by molar-refractivity contribution is 7.10. The van der Waals surface area contributed by atoms with Gasteiger partial charge in [0.05, 0.1) is 55.7 Å². The smallest absolute Gasteiger partial charge is 0.324 e. The van der Waals surface area contributed by atoms with Gasteiger partial charge in [-0.3, -0.25) is 29.3 Å². The van der Waals surface area contributed by atoms with Gasteiger partial charge in [-0.2, -0.15) is 0 Å². The Balaban J connectivity index is 1.22.